The molecule has 136 valence electrons. The summed E-state index contributed by atoms with van der Waals surface area (Å²) in [6.07, 6.45) is 0.335. The summed E-state index contributed by atoms with van der Waals surface area (Å²) < 4.78 is 4.76. The molecule has 1 aliphatic heterocycles. The zero-order chi connectivity index (χ0) is 18.4. The van der Waals surface area contributed by atoms with Crippen molar-refractivity contribution in [2.45, 2.75) is 37.1 Å². The van der Waals surface area contributed by atoms with Gasteiger partial charge in [-0.15, -0.1) is 0 Å². The maximum absolute atomic E-state index is 12.6. The fraction of sp³-hybridized carbons (Fsp3) is 0.471. The Morgan fingerprint density at radius 2 is 1.92 bits per heavy atom. The van der Waals surface area contributed by atoms with E-state index in [-0.39, 0.29) is 35.3 Å². The molecule has 2 rings (SSSR count). The van der Waals surface area contributed by atoms with Crippen LogP contribution < -0.4 is 45.7 Å². The number of thioether (sulfide) groups is 1. The maximum Gasteiger partial charge on any atom is 1.00 e. The Morgan fingerprint density at radius 3 is 2.46 bits per heavy atom. The summed E-state index contributed by atoms with van der Waals surface area (Å²) >= 11 is 1.54. The van der Waals surface area contributed by atoms with Gasteiger partial charge in [-0.1, -0.05) is 30.3 Å². The van der Waals surface area contributed by atoms with Crippen molar-refractivity contribution in [1.82, 2.24) is 5.32 Å². The molecule has 0 aliphatic carbocycles. The zero-order valence-electron chi connectivity index (χ0n) is 14.8. The Morgan fingerprint density at radius 1 is 1.27 bits per heavy atom. The van der Waals surface area contributed by atoms with Gasteiger partial charge in [-0.2, -0.15) is 11.8 Å². The van der Waals surface area contributed by atoms with Crippen molar-refractivity contribution < 1.29 is 53.8 Å². The summed E-state index contributed by atoms with van der Waals surface area (Å²) in [6, 6.07) is 7.84. The van der Waals surface area contributed by atoms with Gasteiger partial charge in [0.15, 0.2) is 11.9 Å². The van der Waals surface area contributed by atoms with E-state index in [4.69, 9.17) is 10.5 Å². The number of benzene rings is 1. The van der Waals surface area contributed by atoms with Gasteiger partial charge in [0.05, 0.1) is 18.1 Å². The number of carbonyl (C=O) groups excluding carboxylic acids is 3. The topological polar surface area (TPSA) is 125 Å². The summed E-state index contributed by atoms with van der Waals surface area (Å²) in [7, 11) is 0. The van der Waals surface area contributed by atoms with Crippen LogP contribution in [0.2, 0.25) is 0 Å². The van der Waals surface area contributed by atoms with Crippen LogP contribution in [0.4, 0.5) is 0 Å². The molecule has 0 spiro atoms. The minimum atomic E-state index is -1.44. The van der Waals surface area contributed by atoms with Crippen molar-refractivity contribution >= 4 is 29.4 Å². The Bertz CT molecular complexity index is 631. The molecule has 1 aromatic carbocycles. The van der Waals surface area contributed by atoms with E-state index in [1.54, 1.807) is 0 Å². The van der Waals surface area contributed by atoms with Crippen molar-refractivity contribution in [3.63, 3.8) is 0 Å². The third kappa shape index (κ3) is 6.68. The van der Waals surface area contributed by atoms with E-state index < -0.39 is 36.2 Å². The molecule has 0 aromatic heterocycles. The first-order chi connectivity index (χ1) is 11.9. The molecule has 1 fully saturated rings. The molecule has 9 heteroatoms. The summed E-state index contributed by atoms with van der Waals surface area (Å²) in [5, 5.41) is 13.2. The summed E-state index contributed by atoms with van der Waals surface area (Å²) in [4.78, 5) is 35.4. The monoisotopic (exact) mass is 388 g/mol. The predicted octanol–water partition coefficient (Wildman–Crippen LogP) is -4.12. The minimum absolute atomic E-state index is 0. The van der Waals surface area contributed by atoms with E-state index in [1.807, 2.05) is 36.6 Å². The van der Waals surface area contributed by atoms with Crippen LogP contribution in [0.15, 0.2) is 30.3 Å². The third-order valence-corrected chi connectivity index (χ3v) is 4.56. The average molecular weight is 388 g/mol. The molecule has 3 N–H and O–H groups in total. The maximum atomic E-state index is 12.6. The van der Waals surface area contributed by atoms with Gasteiger partial charge in [0.2, 0.25) is 0 Å². The van der Waals surface area contributed by atoms with Gasteiger partial charge < -0.3 is 25.7 Å². The first-order valence-corrected chi connectivity index (χ1v) is 9.32. The van der Waals surface area contributed by atoms with E-state index in [0.29, 0.717) is 18.6 Å². The normalized spacial score (nSPS) is 20.4. The number of nitrogens with two attached hydrogens (primary N) is 1. The van der Waals surface area contributed by atoms with E-state index in [2.05, 4.69) is 5.32 Å². The van der Waals surface area contributed by atoms with E-state index in [9.17, 15) is 19.5 Å². The zero-order valence-corrected chi connectivity index (χ0v) is 17.7. The Hall–Kier alpha value is -0.900. The molecule has 1 heterocycles. The minimum Gasteiger partial charge on any atom is -0.547 e. The van der Waals surface area contributed by atoms with Crippen LogP contribution in [-0.4, -0.2) is 54.0 Å². The van der Waals surface area contributed by atoms with Crippen LogP contribution in [0.5, 0.6) is 0 Å². The number of Topliss-reactive ketones (excluding diaryl/α,β-unsaturated/α-hetero) is 1. The van der Waals surface area contributed by atoms with Crippen molar-refractivity contribution in [3.05, 3.63) is 35.9 Å². The quantitative estimate of drug-likeness (QED) is 0.308. The number of carboxylic acids is 1. The molecular formula is C17H21N2NaO5S. The number of hydrogen-bond donors (Lipinski definition) is 2. The molecule has 1 aromatic rings. The number of amides is 1. The van der Waals surface area contributed by atoms with Crippen LogP contribution >= 0.6 is 11.8 Å². The molecule has 1 unspecified atom stereocenters. The van der Waals surface area contributed by atoms with Crippen LogP contribution in [0.3, 0.4) is 0 Å². The number of carbonyl (C=O) groups is 3. The molecular weight excluding hydrogens is 367 g/mol. The van der Waals surface area contributed by atoms with Gasteiger partial charge in [-0.05, 0) is 30.4 Å². The van der Waals surface area contributed by atoms with Crippen molar-refractivity contribution in [3.8, 4) is 0 Å². The number of carboxylic acid groups (broad SMARTS) is 1. The number of ether oxygens (including phenoxy) is 1. The number of rotatable bonds is 10. The summed E-state index contributed by atoms with van der Waals surface area (Å²) in [6.45, 7) is 0. The summed E-state index contributed by atoms with van der Waals surface area (Å²) in [5.41, 5.74) is 6.95. The second-order valence-corrected chi connectivity index (χ2v) is 6.82. The van der Waals surface area contributed by atoms with Crippen molar-refractivity contribution in [1.29, 1.82) is 0 Å². The first kappa shape index (κ1) is 23.1. The molecule has 1 saturated heterocycles. The van der Waals surface area contributed by atoms with Gasteiger partial charge >= 0.3 is 29.6 Å². The van der Waals surface area contributed by atoms with Crippen LogP contribution in [0, 0.1) is 0 Å². The molecule has 1 amide bonds. The van der Waals surface area contributed by atoms with E-state index in [0.717, 1.165) is 5.56 Å². The largest absolute Gasteiger partial charge is 1.00 e. The standard InChI is InChI=1S/C17H22N2O5S.Na/c1-25-8-7-12(19-16(21)14-15(24-14)17(22)23)13(20)11(18)9-10-5-3-2-4-6-10;/h2-6,11-12,14-15H,7-9,18H2,1H3,(H,19,21)(H,22,23);/q;+1/p-1/t11-,12?,14-,15-;/m0./s1. The van der Waals surface area contributed by atoms with Gasteiger partial charge in [-0.25, -0.2) is 0 Å². The van der Waals surface area contributed by atoms with Crippen molar-refractivity contribution in [2.75, 3.05) is 12.0 Å². The molecule has 4 atom stereocenters. The summed E-state index contributed by atoms with van der Waals surface area (Å²) in [5.74, 6) is -1.69. The van der Waals surface area contributed by atoms with Crippen LogP contribution in [0.25, 0.3) is 0 Å². The van der Waals surface area contributed by atoms with Gasteiger partial charge in [0.25, 0.3) is 5.91 Å². The third-order valence-electron chi connectivity index (χ3n) is 3.92. The molecule has 26 heavy (non-hydrogen) atoms. The average Bonchev–Trinajstić information content (AvgIpc) is 3.39. The number of epoxide rings is 1. The number of aliphatic carboxylic acids is 1. The molecule has 0 bridgehead atoms. The van der Waals surface area contributed by atoms with E-state index in [1.165, 1.54) is 11.8 Å². The second kappa shape index (κ2) is 11.1. The second-order valence-electron chi connectivity index (χ2n) is 5.84. The fourth-order valence-electron chi connectivity index (χ4n) is 2.49. The fourth-order valence-corrected chi connectivity index (χ4v) is 2.96. The molecule has 0 radical (unpaired) electrons. The van der Waals surface area contributed by atoms with Crippen LogP contribution in [-0.2, 0) is 25.5 Å². The molecule has 1 aliphatic rings. The number of nitrogens with one attached hydrogen (secondary N) is 1. The Kier molecular flexibility index (Phi) is 9.84. The van der Waals surface area contributed by atoms with Crippen LogP contribution in [0.1, 0.15) is 12.0 Å². The van der Waals surface area contributed by atoms with Gasteiger partial charge in [0, 0.05) is 0 Å². The van der Waals surface area contributed by atoms with E-state index >= 15 is 0 Å². The predicted molar refractivity (Wildman–Crippen MR) is 91.7 cm³/mol. The molecule has 7 nitrogen and oxygen atoms in total. The Balaban J connectivity index is 0.00000338. The Labute approximate surface area is 178 Å². The SMILES string of the molecule is CSCCC(NC(=O)[C@H]1O[C@@H]1C(=O)[O-])C(=O)[C@@H](N)Cc1ccccc1.[Na+]. The van der Waals surface area contributed by atoms with Gasteiger partial charge in [-0.3, -0.25) is 9.59 Å². The number of ketones is 1. The first-order valence-electron chi connectivity index (χ1n) is 7.93. The molecule has 0 saturated carbocycles. The van der Waals surface area contributed by atoms with Crippen molar-refractivity contribution in [2.24, 2.45) is 5.73 Å². The smallest absolute Gasteiger partial charge is 0.547 e. The van der Waals surface area contributed by atoms with Gasteiger partial charge in [0.1, 0.15) is 6.10 Å². The number of hydrogen-bond acceptors (Lipinski definition) is 7.